The van der Waals surface area contributed by atoms with E-state index in [0.717, 1.165) is 33.8 Å². The van der Waals surface area contributed by atoms with Crippen LogP contribution in [0.4, 0.5) is 5.69 Å². The summed E-state index contributed by atoms with van der Waals surface area (Å²) in [5.74, 6) is 1.06. The summed E-state index contributed by atoms with van der Waals surface area (Å²) in [5, 5.41) is 3.44. The number of benzene rings is 1. The molecule has 1 atom stereocenters. The lowest BCUT2D eigenvalue weighted by Crippen LogP contribution is -2.23. The van der Waals surface area contributed by atoms with Crippen molar-refractivity contribution < 1.29 is 4.79 Å². The Morgan fingerprint density at radius 1 is 1.32 bits per heavy atom. The van der Waals surface area contributed by atoms with Crippen LogP contribution in [0.2, 0.25) is 0 Å². The van der Waals surface area contributed by atoms with Crippen molar-refractivity contribution in [3.63, 3.8) is 0 Å². The van der Waals surface area contributed by atoms with Crippen LogP contribution in [-0.2, 0) is 23.4 Å². The maximum absolute atomic E-state index is 12.5. The van der Waals surface area contributed by atoms with Gasteiger partial charge in [0.05, 0.1) is 16.4 Å². The van der Waals surface area contributed by atoms with Crippen LogP contribution in [0.1, 0.15) is 40.7 Å². The van der Waals surface area contributed by atoms with Gasteiger partial charge in [-0.1, -0.05) is 6.07 Å². The molecule has 1 amide bonds. The monoisotopic (exact) mass is 413 g/mol. The molecular formula is C21H23N3O2S2. The maximum atomic E-state index is 12.5. The van der Waals surface area contributed by atoms with Gasteiger partial charge in [0.1, 0.15) is 10.7 Å². The Morgan fingerprint density at radius 2 is 2.11 bits per heavy atom. The molecule has 0 aliphatic heterocycles. The van der Waals surface area contributed by atoms with Gasteiger partial charge in [0.2, 0.25) is 5.91 Å². The average molecular weight is 414 g/mol. The average Bonchev–Trinajstić information content (AvgIpc) is 3.23. The van der Waals surface area contributed by atoms with Crippen molar-refractivity contribution in [2.24, 2.45) is 0 Å². The zero-order valence-corrected chi connectivity index (χ0v) is 17.9. The van der Waals surface area contributed by atoms with E-state index in [1.807, 2.05) is 26.8 Å². The number of nitrogens with one attached hydrogen (secondary N) is 2. The molecule has 7 heteroatoms. The molecule has 2 heterocycles. The molecule has 0 saturated carbocycles. The number of fused-ring (bicyclic) bond motifs is 2. The highest BCUT2D eigenvalue weighted by Gasteiger charge is 2.17. The summed E-state index contributed by atoms with van der Waals surface area (Å²) in [6, 6.07) is 6.19. The first-order valence-electron chi connectivity index (χ1n) is 9.45. The molecule has 1 aliphatic carbocycles. The van der Waals surface area contributed by atoms with E-state index in [2.05, 4.69) is 27.4 Å². The number of aryl methyl sites for hydroxylation is 4. The number of hydrogen-bond acceptors (Lipinski definition) is 5. The largest absolute Gasteiger partial charge is 0.325 e. The second-order valence-electron chi connectivity index (χ2n) is 7.26. The summed E-state index contributed by atoms with van der Waals surface area (Å²) in [7, 11) is 0. The van der Waals surface area contributed by atoms with Crippen molar-refractivity contribution in [3.8, 4) is 0 Å². The van der Waals surface area contributed by atoms with Crippen molar-refractivity contribution in [2.45, 2.75) is 51.0 Å². The number of anilines is 1. The number of aromatic amines is 1. The van der Waals surface area contributed by atoms with Crippen molar-refractivity contribution in [2.75, 3.05) is 5.32 Å². The summed E-state index contributed by atoms with van der Waals surface area (Å²) < 4.78 is 0. The third-order valence-corrected chi connectivity index (χ3v) is 7.55. The molecule has 0 bridgehead atoms. The van der Waals surface area contributed by atoms with Crippen molar-refractivity contribution in [3.05, 3.63) is 55.9 Å². The standard InChI is InChI=1S/C21H23N3O2S2/c1-11-12(2)28-21-18(11)20(26)23-17(24-21)10-27-13(3)19(25)22-16-8-7-14-5-4-6-15(14)9-16/h7-9,13H,4-6,10H2,1-3H3,(H,22,25)(H,23,24,26). The Hall–Kier alpha value is -2.12. The molecule has 3 aromatic rings. The highest BCUT2D eigenvalue weighted by atomic mass is 32.2. The van der Waals surface area contributed by atoms with Crippen LogP contribution in [0, 0.1) is 13.8 Å². The first kappa shape index (κ1) is 19.2. The highest BCUT2D eigenvalue weighted by Crippen LogP contribution is 2.27. The number of thioether (sulfide) groups is 1. The molecule has 1 aliphatic rings. The van der Waals surface area contributed by atoms with Crippen LogP contribution in [0.15, 0.2) is 23.0 Å². The van der Waals surface area contributed by atoms with Gasteiger partial charge >= 0.3 is 0 Å². The number of aromatic nitrogens is 2. The molecule has 4 rings (SSSR count). The first-order chi connectivity index (χ1) is 13.4. The van der Waals surface area contributed by atoms with E-state index in [0.29, 0.717) is 17.0 Å². The highest BCUT2D eigenvalue weighted by molar-refractivity contribution is 7.99. The summed E-state index contributed by atoms with van der Waals surface area (Å²) in [6.07, 6.45) is 3.42. The molecule has 2 aromatic heterocycles. The second kappa shape index (κ2) is 7.72. The fourth-order valence-corrected chi connectivity index (χ4v) is 5.34. The number of hydrogen-bond donors (Lipinski definition) is 2. The molecule has 28 heavy (non-hydrogen) atoms. The smallest absolute Gasteiger partial charge is 0.259 e. The van der Waals surface area contributed by atoms with E-state index in [9.17, 15) is 9.59 Å². The van der Waals surface area contributed by atoms with Crippen molar-refractivity contribution in [1.29, 1.82) is 0 Å². The Kier molecular flexibility index (Phi) is 5.29. The van der Waals surface area contributed by atoms with Gasteiger partial charge in [0.25, 0.3) is 5.56 Å². The Morgan fingerprint density at radius 3 is 2.93 bits per heavy atom. The molecule has 0 spiro atoms. The molecular weight excluding hydrogens is 390 g/mol. The molecule has 2 N–H and O–H groups in total. The Labute approximate surface area is 172 Å². The van der Waals surface area contributed by atoms with Gasteiger partial charge in [0.15, 0.2) is 0 Å². The zero-order valence-electron chi connectivity index (χ0n) is 16.2. The number of nitrogens with zero attached hydrogens (tertiary/aromatic N) is 1. The predicted molar refractivity (Wildman–Crippen MR) is 118 cm³/mol. The third kappa shape index (κ3) is 3.73. The second-order valence-corrected chi connectivity index (χ2v) is 9.79. The van der Waals surface area contributed by atoms with Gasteiger partial charge in [-0.2, -0.15) is 0 Å². The van der Waals surface area contributed by atoms with Crippen LogP contribution in [0.25, 0.3) is 10.2 Å². The minimum Gasteiger partial charge on any atom is -0.325 e. The van der Waals surface area contributed by atoms with Gasteiger partial charge in [-0.3, -0.25) is 9.59 Å². The van der Waals surface area contributed by atoms with Gasteiger partial charge in [-0.15, -0.1) is 23.1 Å². The minimum atomic E-state index is -0.249. The van der Waals surface area contributed by atoms with Crippen LogP contribution in [-0.4, -0.2) is 21.1 Å². The van der Waals surface area contributed by atoms with Gasteiger partial charge in [-0.25, -0.2) is 4.98 Å². The van der Waals surface area contributed by atoms with Crippen LogP contribution in [0.3, 0.4) is 0 Å². The SMILES string of the molecule is Cc1sc2nc(CSC(C)C(=O)Nc3ccc4c(c3)CCC4)[nH]c(=O)c2c1C. The lowest BCUT2D eigenvalue weighted by molar-refractivity contribution is -0.115. The van der Waals surface area contributed by atoms with E-state index in [1.165, 1.54) is 40.6 Å². The maximum Gasteiger partial charge on any atom is 0.259 e. The Bertz CT molecular complexity index is 1120. The molecule has 146 valence electrons. The predicted octanol–water partition coefficient (Wildman–Crippen LogP) is 4.35. The van der Waals surface area contributed by atoms with Crippen LogP contribution in [0.5, 0.6) is 0 Å². The van der Waals surface area contributed by atoms with E-state index >= 15 is 0 Å². The normalized spacial score (nSPS) is 14.2. The van der Waals surface area contributed by atoms with E-state index in [1.54, 1.807) is 0 Å². The number of carbonyl (C=O) groups excluding carboxylic acids is 1. The van der Waals surface area contributed by atoms with E-state index in [4.69, 9.17) is 0 Å². The Balaban J connectivity index is 1.41. The number of H-pyrrole nitrogens is 1. The van der Waals surface area contributed by atoms with Crippen molar-refractivity contribution >= 4 is 44.9 Å². The number of amides is 1. The van der Waals surface area contributed by atoms with Crippen molar-refractivity contribution in [1.82, 2.24) is 9.97 Å². The van der Waals surface area contributed by atoms with E-state index in [-0.39, 0.29) is 16.7 Å². The fourth-order valence-electron chi connectivity index (χ4n) is 3.54. The quantitative estimate of drug-likeness (QED) is 0.652. The summed E-state index contributed by atoms with van der Waals surface area (Å²) in [4.78, 5) is 34.2. The lowest BCUT2D eigenvalue weighted by Gasteiger charge is -2.12. The van der Waals surface area contributed by atoms with Crippen LogP contribution >= 0.6 is 23.1 Å². The summed E-state index contributed by atoms with van der Waals surface area (Å²) >= 11 is 3.01. The number of rotatable bonds is 5. The molecule has 1 unspecified atom stereocenters. The number of thiophene rings is 1. The molecule has 5 nitrogen and oxygen atoms in total. The van der Waals surface area contributed by atoms with Crippen LogP contribution < -0.4 is 10.9 Å². The first-order valence-corrected chi connectivity index (χ1v) is 11.3. The third-order valence-electron chi connectivity index (χ3n) is 5.29. The zero-order chi connectivity index (χ0) is 19.8. The number of carbonyl (C=O) groups is 1. The minimum absolute atomic E-state index is 0.0332. The van der Waals surface area contributed by atoms with E-state index < -0.39 is 0 Å². The topological polar surface area (TPSA) is 74.8 Å². The van der Waals surface area contributed by atoms with Gasteiger partial charge in [0, 0.05) is 10.6 Å². The molecule has 1 aromatic carbocycles. The lowest BCUT2D eigenvalue weighted by atomic mass is 10.1. The molecule has 0 fully saturated rings. The van der Waals surface area contributed by atoms with Gasteiger partial charge < -0.3 is 10.3 Å². The fraction of sp³-hybridized carbons (Fsp3) is 0.381. The van der Waals surface area contributed by atoms with Gasteiger partial charge in [-0.05, 0) is 68.9 Å². The summed E-state index contributed by atoms with van der Waals surface area (Å²) in [6.45, 7) is 5.83. The molecule has 0 radical (unpaired) electrons. The summed E-state index contributed by atoms with van der Waals surface area (Å²) in [5.41, 5.74) is 4.49. The molecule has 0 saturated heterocycles.